The molecule has 5 nitrogen and oxygen atoms in total. The van der Waals surface area contributed by atoms with E-state index in [4.69, 9.17) is 9.41 Å². The van der Waals surface area contributed by atoms with Crippen LogP contribution in [0.25, 0.3) is 80.7 Å². The molecule has 0 saturated heterocycles. The minimum absolute atomic E-state index is 0.0764. The Morgan fingerprint density at radius 2 is 1.40 bits per heavy atom. The largest absolute Gasteiger partial charge is 0.456 e. The zero-order valence-electron chi connectivity index (χ0n) is 30.9. The SMILES string of the molecule is C1=CCC(C2N=C(c3ccccc3)NC(c3cccc4oc5cc(-c6cccc7c6sc6cc(-n8c9ccccc9c9ccccc98)ccc67)ccc5c34)N2)C=C1. The molecule has 1 aliphatic carbocycles. The fourth-order valence-electron chi connectivity index (χ4n) is 9.15. The normalized spacial score (nSPS) is 18.3. The summed E-state index contributed by atoms with van der Waals surface area (Å²) in [6, 6.07) is 54.6. The van der Waals surface area contributed by atoms with Gasteiger partial charge >= 0.3 is 0 Å². The molecule has 4 heterocycles. The van der Waals surface area contributed by atoms with Crippen LogP contribution < -0.4 is 10.6 Å². The van der Waals surface area contributed by atoms with Crippen molar-refractivity contribution in [2.75, 3.05) is 0 Å². The molecule has 57 heavy (non-hydrogen) atoms. The molecule has 3 aromatic heterocycles. The van der Waals surface area contributed by atoms with E-state index in [1.165, 1.54) is 53.2 Å². The third kappa shape index (κ3) is 5.22. The van der Waals surface area contributed by atoms with Gasteiger partial charge in [-0.05, 0) is 60.0 Å². The van der Waals surface area contributed by atoms with E-state index < -0.39 is 0 Å². The molecule has 0 amide bonds. The molecule has 0 radical (unpaired) electrons. The summed E-state index contributed by atoms with van der Waals surface area (Å²) in [5.41, 5.74) is 9.97. The molecule has 3 unspecified atom stereocenters. The number of nitrogens with zero attached hydrogens (tertiary/aromatic N) is 2. The number of aromatic nitrogens is 1. The van der Waals surface area contributed by atoms with Crippen LogP contribution in [0, 0.1) is 5.92 Å². The van der Waals surface area contributed by atoms with Gasteiger partial charge in [0.25, 0.3) is 0 Å². The van der Waals surface area contributed by atoms with Gasteiger partial charge in [0.2, 0.25) is 0 Å². The number of para-hydroxylation sites is 2. The first-order valence-corrected chi connectivity index (χ1v) is 20.5. The van der Waals surface area contributed by atoms with E-state index in [0.29, 0.717) is 0 Å². The Morgan fingerprint density at radius 3 is 2.23 bits per heavy atom. The second-order valence-corrected chi connectivity index (χ2v) is 16.2. The molecule has 3 atom stereocenters. The Labute approximate surface area is 332 Å². The van der Waals surface area contributed by atoms with Crippen LogP contribution >= 0.6 is 11.3 Å². The minimum Gasteiger partial charge on any atom is -0.456 e. The van der Waals surface area contributed by atoms with Gasteiger partial charge in [-0.2, -0.15) is 0 Å². The van der Waals surface area contributed by atoms with Gasteiger partial charge in [-0.3, -0.25) is 5.32 Å². The van der Waals surface area contributed by atoms with E-state index in [2.05, 4.69) is 185 Å². The Morgan fingerprint density at radius 1 is 0.632 bits per heavy atom. The highest BCUT2D eigenvalue weighted by Crippen LogP contribution is 2.43. The van der Waals surface area contributed by atoms with Crippen molar-refractivity contribution >= 4 is 81.1 Å². The summed E-state index contributed by atoms with van der Waals surface area (Å²) in [5.74, 6) is 1.16. The first kappa shape index (κ1) is 32.5. The van der Waals surface area contributed by atoms with Crippen molar-refractivity contribution in [1.82, 2.24) is 15.2 Å². The van der Waals surface area contributed by atoms with E-state index in [1.54, 1.807) is 0 Å². The standard InChI is InChI=1S/C51H36N4OS/c1-3-13-31(14-4-1)49-52-50(32-15-5-2-6-16-32)54-51(53-49)41-21-12-24-44-47(41)40-27-25-33(29-45(40)56-44)35-19-11-20-39-38-28-26-34(30-46(38)57-48(35)39)55-42-22-9-7-17-36(42)37-18-8-10-23-43(37)55/h1-15,17-30,32,50-51,54H,16H2,(H,52,53). The Hall–Kier alpha value is -6.73. The van der Waals surface area contributed by atoms with Gasteiger partial charge in [0, 0.05) is 64.4 Å². The third-order valence-electron chi connectivity index (χ3n) is 11.8. The second kappa shape index (κ2) is 12.9. The summed E-state index contributed by atoms with van der Waals surface area (Å²) < 4.78 is 11.6. The van der Waals surface area contributed by atoms with E-state index in [1.807, 2.05) is 17.4 Å². The molecule has 0 saturated carbocycles. The van der Waals surface area contributed by atoms with Gasteiger partial charge in [-0.15, -0.1) is 11.3 Å². The highest BCUT2D eigenvalue weighted by molar-refractivity contribution is 7.26. The average Bonchev–Trinajstić information content (AvgIpc) is 3.96. The minimum atomic E-state index is -0.161. The molecule has 0 fully saturated rings. The number of fused-ring (bicyclic) bond motifs is 9. The molecule has 272 valence electrons. The Bertz CT molecular complexity index is 3260. The lowest BCUT2D eigenvalue weighted by molar-refractivity contribution is 0.340. The van der Waals surface area contributed by atoms with Crippen LogP contribution in [-0.4, -0.2) is 16.6 Å². The fourth-order valence-corrected chi connectivity index (χ4v) is 10.4. The number of aliphatic imine (C=N–C) groups is 1. The lowest BCUT2D eigenvalue weighted by Gasteiger charge is -2.35. The van der Waals surface area contributed by atoms with Gasteiger partial charge in [-0.25, -0.2) is 4.99 Å². The summed E-state index contributed by atoms with van der Waals surface area (Å²) >= 11 is 1.87. The molecule has 2 aliphatic rings. The van der Waals surface area contributed by atoms with Crippen molar-refractivity contribution in [3.8, 4) is 16.8 Å². The lowest BCUT2D eigenvalue weighted by Crippen LogP contribution is -2.50. The number of allylic oxidation sites excluding steroid dienone is 3. The number of nitrogens with one attached hydrogen (secondary N) is 2. The topological polar surface area (TPSA) is 54.5 Å². The van der Waals surface area contributed by atoms with Crippen molar-refractivity contribution in [2.45, 2.75) is 18.8 Å². The van der Waals surface area contributed by atoms with Crippen molar-refractivity contribution in [3.05, 3.63) is 187 Å². The maximum Gasteiger partial charge on any atom is 0.136 e. The molecule has 7 aromatic carbocycles. The predicted molar refractivity (Wildman–Crippen MR) is 239 cm³/mol. The summed E-state index contributed by atoms with van der Waals surface area (Å²) in [4.78, 5) is 5.19. The fraction of sp³-hybridized carbons (Fsp3) is 0.0784. The predicted octanol–water partition coefficient (Wildman–Crippen LogP) is 12.8. The number of furan rings is 1. The molecule has 2 N–H and O–H groups in total. The van der Waals surface area contributed by atoms with Crippen molar-refractivity contribution < 1.29 is 4.42 Å². The molecule has 6 heteroatoms. The van der Waals surface area contributed by atoms with E-state index in [0.717, 1.165) is 50.9 Å². The molecular formula is C51H36N4OS. The first-order valence-electron chi connectivity index (χ1n) is 19.6. The van der Waals surface area contributed by atoms with Gasteiger partial charge in [0.15, 0.2) is 0 Å². The number of amidine groups is 1. The number of hydrogen-bond donors (Lipinski definition) is 2. The van der Waals surface area contributed by atoms with Crippen LogP contribution in [0.1, 0.15) is 23.7 Å². The Balaban J connectivity index is 0.947. The molecule has 10 aromatic rings. The van der Waals surface area contributed by atoms with Crippen molar-refractivity contribution in [2.24, 2.45) is 10.9 Å². The monoisotopic (exact) mass is 752 g/mol. The molecule has 1 aliphatic heterocycles. The number of benzene rings is 7. The lowest BCUT2D eigenvalue weighted by atomic mass is 9.95. The first-order chi connectivity index (χ1) is 28.2. The molecule has 12 rings (SSSR count). The van der Waals surface area contributed by atoms with Crippen LogP contribution in [0.3, 0.4) is 0 Å². The zero-order chi connectivity index (χ0) is 37.5. The van der Waals surface area contributed by atoms with E-state index in [-0.39, 0.29) is 18.2 Å². The Kier molecular flexibility index (Phi) is 7.37. The average molecular weight is 753 g/mol. The second-order valence-electron chi connectivity index (χ2n) is 15.1. The van der Waals surface area contributed by atoms with Gasteiger partial charge in [-0.1, -0.05) is 133 Å². The number of thiophene rings is 1. The number of rotatable bonds is 5. The maximum atomic E-state index is 6.69. The summed E-state index contributed by atoms with van der Waals surface area (Å²) in [6.07, 6.45) is 9.46. The smallest absolute Gasteiger partial charge is 0.136 e. The van der Waals surface area contributed by atoms with E-state index >= 15 is 0 Å². The van der Waals surface area contributed by atoms with Crippen molar-refractivity contribution in [3.63, 3.8) is 0 Å². The van der Waals surface area contributed by atoms with Crippen molar-refractivity contribution in [1.29, 1.82) is 0 Å². The van der Waals surface area contributed by atoms with Crippen LogP contribution in [0.4, 0.5) is 0 Å². The summed E-state index contributed by atoms with van der Waals surface area (Å²) in [7, 11) is 0. The molecule has 0 spiro atoms. The summed E-state index contributed by atoms with van der Waals surface area (Å²) in [5, 5.41) is 14.9. The van der Waals surface area contributed by atoms with E-state index in [9.17, 15) is 0 Å². The maximum absolute atomic E-state index is 6.69. The van der Waals surface area contributed by atoms with Gasteiger partial charge in [0.1, 0.15) is 29.3 Å². The van der Waals surface area contributed by atoms with Crippen LogP contribution in [-0.2, 0) is 0 Å². The van der Waals surface area contributed by atoms with Gasteiger partial charge < -0.3 is 14.3 Å². The van der Waals surface area contributed by atoms with Crippen LogP contribution in [0.15, 0.2) is 185 Å². The third-order valence-corrected chi connectivity index (χ3v) is 13.0. The van der Waals surface area contributed by atoms with Gasteiger partial charge in [0.05, 0.1) is 11.0 Å². The van der Waals surface area contributed by atoms with Crippen LogP contribution in [0.2, 0.25) is 0 Å². The molecule has 0 bridgehead atoms. The zero-order valence-corrected chi connectivity index (χ0v) is 31.7. The highest BCUT2D eigenvalue weighted by Gasteiger charge is 2.30. The molecular weight excluding hydrogens is 717 g/mol. The number of hydrogen-bond acceptors (Lipinski definition) is 5. The quantitative estimate of drug-likeness (QED) is 0.184. The summed E-state index contributed by atoms with van der Waals surface area (Å²) in [6.45, 7) is 0. The van der Waals surface area contributed by atoms with Crippen LogP contribution in [0.5, 0.6) is 0 Å². The highest BCUT2D eigenvalue weighted by atomic mass is 32.1.